The van der Waals surface area contributed by atoms with Gasteiger partial charge >= 0.3 is 0 Å². The topological polar surface area (TPSA) is 70.7 Å². The van der Waals surface area contributed by atoms with Crippen LogP contribution in [0.2, 0.25) is 5.02 Å². The molecule has 0 aliphatic carbocycles. The van der Waals surface area contributed by atoms with Crippen LogP contribution in [-0.4, -0.2) is 44.2 Å². The first-order valence-electron chi connectivity index (χ1n) is 10.9. The summed E-state index contributed by atoms with van der Waals surface area (Å²) in [6.45, 7) is 3.00. The van der Waals surface area contributed by atoms with E-state index < -0.39 is 6.04 Å². The summed E-state index contributed by atoms with van der Waals surface area (Å²) in [6, 6.07) is 23.2. The summed E-state index contributed by atoms with van der Waals surface area (Å²) in [7, 11) is 0. The summed E-state index contributed by atoms with van der Waals surface area (Å²) >= 11 is 5.93. The van der Waals surface area contributed by atoms with Crippen molar-refractivity contribution in [3.63, 3.8) is 0 Å². The molecule has 7 heteroatoms. The van der Waals surface area contributed by atoms with Crippen LogP contribution in [0.3, 0.4) is 0 Å². The molecule has 0 saturated carbocycles. The molecule has 0 spiro atoms. The predicted molar refractivity (Wildman–Crippen MR) is 131 cm³/mol. The molecule has 170 valence electrons. The lowest BCUT2D eigenvalue weighted by Gasteiger charge is -2.29. The molecule has 2 N–H and O–H groups in total. The molecule has 6 nitrogen and oxygen atoms in total. The van der Waals surface area contributed by atoms with Gasteiger partial charge in [0.2, 0.25) is 5.91 Å². The van der Waals surface area contributed by atoms with E-state index in [0.29, 0.717) is 35.9 Å². The van der Waals surface area contributed by atoms with Gasteiger partial charge in [-0.15, -0.1) is 0 Å². The fourth-order valence-electron chi connectivity index (χ4n) is 3.73. The molecule has 3 aromatic carbocycles. The first kappa shape index (κ1) is 22.8. The first-order valence-corrected chi connectivity index (χ1v) is 11.3. The monoisotopic (exact) mass is 463 g/mol. The molecule has 2 amide bonds. The van der Waals surface area contributed by atoms with Gasteiger partial charge < -0.3 is 20.3 Å². The number of morpholine rings is 1. The van der Waals surface area contributed by atoms with Crippen molar-refractivity contribution in [3.05, 3.63) is 95.0 Å². The Balaban J connectivity index is 1.50. The van der Waals surface area contributed by atoms with Crippen LogP contribution in [0.15, 0.2) is 78.9 Å². The number of halogens is 1. The van der Waals surface area contributed by atoms with Gasteiger partial charge in [0.15, 0.2) is 0 Å². The summed E-state index contributed by atoms with van der Waals surface area (Å²) < 4.78 is 5.43. The summed E-state index contributed by atoms with van der Waals surface area (Å²) in [6.07, 6.45) is 0.370. The second kappa shape index (κ2) is 11.0. The average molecular weight is 464 g/mol. The average Bonchev–Trinajstić information content (AvgIpc) is 2.85. The molecule has 0 bridgehead atoms. The van der Waals surface area contributed by atoms with E-state index in [1.165, 1.54) is 0 Å². The maximum absolute atomic E-state index is 13.2. The molecule has 33 heavy (non-hydrogen) atoms. The third-order valence-corrected chi connectivity index (χ3v) is 5.75. The van der Waals surface area contributed by atoms with E-state index in [-0.39, 0.29) is 11.8 Å². The van der Waals surface area contributed by atoms with Gasteiger partial charge in [-0.25, -0.2) is 0 Å². The first-order chi connectivity index (χ1) is 16.1. The molecule has 1 fully saturated rings. The number of benzene rings is 3. The Kier molecular flexibility index (Phi) is 7.60. The zero-order valence-electron chi connectivity index (χ0n) is 18.2. The molecule has 1 aliphatic heterocycles. The van der Waals surface area contributed by atoms with Crippen molar-refractivity contribution in [2.24, 2.45) is 0 Å². The van der Waals surface area contributed by atoms with Gasteiger partial charge in [-0.1, -0.05) is 48.0 Å². The van der Waals surface area contributed by atoms with Gasteiger partial charge in [0, 0.05) is 41.5 Å². The Labute approximate surface area is 198 Å². The van der Waals surface area contributed by atoms with Crippen molar-refractivity contribution >= 4 is 34.8 Å². The summed E-state index contributed by atoms with van der Waals surface area (Å²) in [5.74, 6) is -0.606. The van der Waals surface area contributed by atoms with Gasteiger partial charge in [-0.05, 0) is 48.0 Å². The fourth-order valence-corrected chi connectivity index (χ4v) is 3.86. The summed E-state index contributed by atoms with van der Waals surface area (Å²) in [5.41, 5.74) is 3.11. The van der Waals surface area contributed by atoms with Gasteiger partial charge in [0.05, 0.1) is 13.2 Å². The molecule has 4 rings (SSSR count). The van der Waals surface area contributed by atoms with E-state index in [9.17, 15) is 9.59 Å². The number of anilines is 2. The van der Waals surface area contributed by atoms with Crippen LogP contribution in [0.5, 0.6) is 0 Å². The van der Waals surface area contributed by atoms with Crippen molar-refractivity contribution in [3.8, 4) is 0 Å². The lowest BCUT2D eigenvalue weighted by atomic mass is 10.0. The lowest BCUT2D eigenvalue weighted by molar-refractivity contribution is -0.118. The minimum absolute atomic E-state index is 0.278. The largest absolute Gasteiger partial charge is 0.378 e. The van der Waals surface area contributed by atoms with Crippen molar-refractivity contribution in [2.45, 2.75) is 12.5 Å². The van der Waals surface area contributed by atoms with E-state index in [2.05, 4.69) is 15.5 Å². The van der Waals surface area contributed by atoms with Crippen LogP contribution in [0.1, 0.15) is 15.9 Å². The van der Waals surface area contributed by atoms with Gasteiger partial charge in [0.25, 0.3) is 5.91 Å². The summed E-state index contributed by atoms with van der Waals surface area (Å²) in [5, 5.41) is 6.40. The van der Waals surface area contributed by atoms with Crippen molar-refractivity contribution in [2.75, 3.05) is 36.5 Å². The number of nitrogens with zero attached hydrogens (tertiary/aromatic N) is 1. The highest BCUT2D eigenvalue weighted by Gasteiger charge is 2.22. The predicted octanol–water partition coefficient (Wildman–Crippen LogP) is 4.16. The van der Waals surface area contributed by atoms with Crippen LogP contribution >= 0.6 is 11.6 Å². The van der Waals surface area contributed by atoms with Crippen LogP contribution in [0, 0.1) is 0 Å². The number of amides is 2. The van der Waals surface area contributed by atoms with Gasteiger partial charge in [-0.2, -0.15) is 0 Å². The third kappa shape index (κ3) is 6.34. The quantitative estimate of drug-likeness (QED) is 0.552. The van der Waals surface area contributed by atoms with Crippen LogP contribution < -0.4 is 15.5 Å². The molecule has 1 atom stereocenters. The third-order valence-electron chi connectivity index (χ3n) is 5.50. The van der Waals surface area contributed by atoms with Gasteiger partial charge in [0.1, 0.15) is 6.04 Å². The molecular formula is C26H26ClN3O3. The Hall–Kier alpha value is -3.35. The van der Waals surface area contributed by atoms with Crippen molar-refractivity contribution in [1.29, 1.82) is 0 Å². The Morgan fingerprint density at radius 3 is 2.39 bits per heavy atom. The molecule has 0 aromatic heterocycles. The minimum atomic E-state index is -0.748. The zero-order chi connectivity index (χ0) is 23.0. The molecule has 0 radical (unpaired) electrons. The number of hydrogen-bond donors (Lipinski definition) is 2. The Bertz CT molecular complexity index is 1080. The van der Waals surface area contributed by atoms with Crippen molar-refractivity contribution in [1.82, 2.24) is 5.32 Å². The molecule has 1 saturated heterocycles. The van der Waals surface area contributed by atoms with Crippen LogP contribution in [-0.2, 0) is 16.0 Å². The van der Waals surface area contributed by atoms with E-state index in [1.807, 2.05) is 54.6 Å². The molecule has 1 aliphatic rings. The lowest BCUT2D eigenvalue weighted by Crippen LogP contribution is -2.45. The van der Waals surface area contributed by atoms with Crippen LogP contribution in [0.4, 0.5) is 11.4 Å². The second-order valence-electron chi connectivity index (χ2n) is 7.86. The van der Waals surface area contributed by atoms with E-state index in [1.54, 1.807) is 24.3 Å². The smallest absolute Gasteiger partial charge is 0.251 e. The maximum Gasteiger partial charge on any atom is 0.251 e. The van der Waals surface area contributed by atoms with Gasteiger partial charge in [-0.3, -0.25) is 9.59 Å². The Morgan fingerprint density at radius 2 is 1.67 bits per heavy atom. The second-order valence-corrected chi connectivity index (χ2v) is 8.30. The number of carbonyl (C=O) groups is 2. The normalized spacial score (nSPS) is 14.4. The highest BCUT2D eigenvalue weighted by molar-refractivity contribution is 6.30. The molecule has 3 aromatic rings. The highest BCUT2D eigenvalue weighted by Crippen LogP contribution is 2.21. The molecular weight excluding hydrogens is 438 g/mol. The minimum Gasteiger partial charge on any atom is -0.378 e. The number of rotatable bonds is 7. The standard InChI is InChI=1S/C26H26ClN3O3/c27-21-11-9-20(10-12-21)25(31)29-24(17-19-5-2-1-3-6-19)26(32)28-22-7-4-8-23(18-22)30-13-15-33-16-14-30/h1-12,18,24H,13-17H2,(H,28,32)(H,29,31). The molecule has 1 unspecified atom stereocenters. The number of ether oxygens (including phenoxy) is 1. The molecule has 1 heterocycles. The number of hydrogen-bond acceptors (Lipinski definition) is 4. The summed E-state index contributed by atoms with van der Waals surface area (Å²) in [4.78, 5) is 28.3. The highest BCUT2D eigenvalue weighted by atomic mass is 35.5. The number of nitrogens with one attached hydrogen (secondary N) is 2. The maximum atomic E-state index is 13.2. The van der Waals surface area contributed by atoms with E-state index >= 15 is 0 Å². The van der Waals surface area contributed by atoms with E-state index in [0.717, 1.165) is 24.3 Å². The van der Waals surface area contributed by atoms with Crippen LogP contribution in [0.25, 0.3) is 0 Å². The van der Waals surface area contributed by atoms with E-state index in [4.69, 9.17) is 16.3 Å². The van der Waals surface area contributed by atoms with Crippen molar-refractivity contribution < 1.29 is 14.3 Å². The zero-order valence-corrected chi connectivity index (χ0v) is 18.9. The number of carbonyl (C=O) groups excluding carboxylic acids is 2. The fraction of sp³-hybridized carbons (Fsp3) is 0.231. The SMILES string of the molecule is O=C(NC(Cc1ccccc1)C(=O)Nc1cccc(N2CCOCC2)c1)c1ccc(Cl)cc1. The Morgan fingerprint density at radius 1 is 0.939 bits per heavy atom.